The van der Waals surface area contributed by atoms with Gasteiger partial charge in [0.15, 0.2) is 5.65 Å². The first-order valence-electron chi connectivity index (χ1n) is 8.12. The molecule has 0 radical (unpaired) electrons. The van der Waals surface area contributed by atoms with Crippen molar-refractivity contribution in [1.29, 1.82) is 0 Å². The second-order valence-corrected chi connectivity index (χ2v) is 5.99. The third kappa shape index (κ3) is 3.32. The Morgan fingerprint density at radius 1 is 1.00 bits per heavy atom. The first kappa shape index (κ1) is 16.7. The van der Waals surface area contributed by atoms with Crippen LogP contribution in [0.15, 0.2) is 48.8 Å². The Hall–Kier alpha value is -2.74. The first-order valence-corrected chi connectivity index (χ1v) is 8.12. The van der Waals surface area contributed by atoms with E-state index in [2.05, 4.69) is 15.0 Å². The van der Waals surface area contributed by atoms with Crippen molar-refractivity contribution in [2.75, 3.05) is 24.6 Å². The number of alkyl halides is 3. The Morgan fingerprint density at radius 3 is 2.54 bits per heavy atom. The maximum absolute atomic E-state index is 12.7. The van der Waals surface area contributed by atoms with Gasteiger partial charge < -0.3 is 9.64 Å². The summed E-state index contributed by atoms with van der Waals surface area (Å²) in [5.74, 6) is 0.748. The van der Waals surface area contributed by atoms with Gasteiger partial charge >= 0.3 is 6.18 Å². The van der Waals surface area contributed by atoms with Gasteiger partial charge in [0, 0.05) is 25.5 Å². The lowest BCUT2D eigenvalue weighted by Gasteiger charge is -2.34. The number of hydrogen-bond donors (Lipinski definition) is 0. The van der Waals surface area contributed by atoms with Gasteiger partial charge in [0.25, 0.3) is 0 Å². The van der Waals surface area contributed by atoms with Crippen molar-refractivity contribution < 1.29 is 17.9 Å². The van der Waals surface area contributed by atoms with Crippen molar-refractivity contribution in [2.24, 2.45) is 0 Å². The highest BCUT2D eigenvalue weighted by molar-refractivity contribution is 5.71. The van der Waals surface area contributed by atoms with Crippen LogP contribution in [-0.2, 0) is 10.9 Å². The zero-order valence-corrected chi connectivity index (χ0v) is 13.6. The number of nitrogens with zero attached hydrogens (tertiary/aromatic N) is 4. The van der Waals surface area contributed by atoms with Crippen molar-refractivity contribution >= 4 is 17.0 Å². The summed E-state index contributed by atoms with van der Waals surface area (Å²) in [7, 11) is 0. The summed E-state index contributed by atoms with van der Waals surface area (Å²) in [4.78, 5) is 15.0. The average molecular weight is 360 g/mol. The van der Waals surface area contributed by atoms with Gasteiger partial charge in [0.1, 0.15) is 17.4 Å². The smallest absolute Gasteiger partial charge is 0.370 e. The Balaban J connectivity index is 1.55. The molecule has 3 aromatic rings. The molecule has 3 heterocycles. The van der Waals surface area contributed by atoms with Crippen LogP contribution in [0.3, 0.4) is 0 Å². The van der Waals surface area contributed by atoms with Crippen LogP contribution < -0.4 is 4.90 Å². The number of halogens is 3. The molecule has 1 fully saturated rings. The van der Waals surface area contributed by atoms with Crippen LogP contribution in [0.25, 0.3) is 11.2 Å². The molecule has 134 valence electrons. The van der Waals surface area contributed by atoms with Gasteiger partial charge in [-0.1, -0.05) is 12.1 Å². The fraction of sp³-hybridized carbons (Fsp3) is 0.278. The number of benzene rings is 1. The predicted molar refractivity (Wildman–Crippen MR) is 89.7 cm³/mol. The summed E-state index contributed by atoms with van der Waals surface area (Å²) >= 11 is 0. The maximum Gasteiger partial charge on any atom is 0.416 e. The topological polar surface area (TPSA) is 51.1 Å². The fourth-order valence-electron chi connectivity index (χ4n) is 2.97. The van der Waals surface area contributed by atoms with Crippen molar-refractivity contribution in [1.82, 2.24) is 15.0 Å². The molecule has 5 nitrogen and oxygen atoms in total. The Bertz CT molecular complexity index is 914. The minimum Gasteiger partial charge on any atom is -0.370 e. The summed E-state index contributed by atoms with van der Waals surface area (Å²) in [6, 6.07) is 8.83. The molecule has 1 saturated heterocycles. The molecule has 1 aromatic carbocycles. The van der Waals surface area contributed by atoms with Crippen LogP contribution in [0.1, 0.15) is 17.2 Å². The fourth-order valence-corrected chi connectivity index (χ4v) is 2.97. The number of pyridine rings is 1. The molecular weight excluding hydrogens is 345 g/mol. The number of aromatic nitrogens is 3. The Kier molecular flexibility index (Phi) is 4.20. The minimum absolute atomic E-state index is 0.314. The first-order chi connectivity index (χ1) is 12.5. The van der Waals surface area contributed by atoms with Crippen LogP contribution in [0.2, 0.25) is 0 Å². The maximum atomic E-state index is 12.7. The van der Waals surface area contributed by atoms with Gasteiger partial charge in [-0.05, 0) is 29.8 Å². The van der Waals surface area contributed by atoms with E-state index in [1.54, 1.807) is 12.4 Å². The zero-order valence-electron chi connectivity index (χ0n) is 13.6. The molecular formula is C18H15F3N4O. The summed E-state index contributed by atoms with van der Waals surface area (Å²) in [5, 5.41) is 0. The lowest BCUT2D eigenvalue weighted by molar-refractivity contribution is -0.137. The third-order valence-electron chi connectivity index (χ3n) is 4.32. The molecule has 4 rings (SSSR count). The number of hydrogen-bond acceptors (Lipinski definition) is 5. The summed E-state index contributed by atoms with van der Waals surface area (Å²) in [6.45, 7) is 1.62. The number of morpholine rings is 1. The molecule has 1 unspecified atom stereocenters. The monoisotopic (exact) mass is 360 g/mol. The number of anilines is 1. The van der Waals surface area contributed by atoms with Crippen molar-refractivity contribution in [2.45, 2.75) is 12.3 Å². The molecule has 0 N–H and O–H groups in total. The van der Waals surface area contributed by atoms with Gasteiger partial charge in [-0.15, -0.1) is 0 Å². The van der Waals surface area contributed by atoms with Crippen molar-refractivity contribution in [3.8, 4) is 0 Å². The van der Waals surface area contributed by atoms with E-state index in [0.717, 1.165) is 18.0 Å². The van der Waals surface area contributed by atoms with Gasteiger partial charge in [-0.25, -0.2) is 9.97 Å². The second-order valence-electron chi connectivity index (χ2n) is 5.99. The largest absolute Gasteiger partial charge is 0.416 e. The highest BCUT2D eigenvalue weighted by Gasteiger charge is 2.31. The summed E-state index contributed by atoms with van der Waals surface area (Å²) in [5.41, 5.74) is 1.32. The summed E-state index contributed by atoms with van der Waals surface area (Å²) < 4.78 is 43.9. The standard InChI is InChI=1S/C18H15F3N4O/c19-18(20,21)13-3-1-12(2-4-13)15-11-25(9-10-26-15)16-6-5-14-17(24-16)23-8-7-22-14/h1-8,15H,9-11H2. The molecule has 0 aliphatic carbocycles. The Morgan fingerprint density at radius 2 is 1.77 bits per heavy atom. The molecule has 8 heteroatoms. The van der Waals surface area contributed by atoms with E-state index < -0.39 is 11.7 Å². The van der Waals surface area contributed by atoms with Gasteiger partial charge in [-0.2, -0.15) is 13.2 Å². The highest BCUT2D eigenvalue weighted by Crippen LogP contribution is 2.31. The molecule has 1 atom stereocenters. The van der Waals surface area contributed by atoms with E-state index in [1.807, 2.05) is 17.0 Å². The van der Waals surface area contributed by atoms with Crippen LogP contribution in [0.4, 0.5) is 19.0 Å². The zero-order chi connectivity index (χ0) is 18.1. The van der Waals surface area contributed by atoms with Crippen molar-refractivity contribution in [3.63, 3.8) is 0 Å². The lowest BCUT2D eigenvalue weighted by Crippen LogP contribution is -2.38. The molecule has 2 aromatic heterocycles. The second kappa shape index (κ2) is 6.53. The van der Waals surface area contributed by atoms with E-state index in [1.165, 1.54) is 12.1 Å². The van der Waals surface area contributed by atoms with E-state index in [0.29, 0.717) is 36.4 Å². The normalized spacial score (nSPS) is 18.3. The Labute approximate surface area is 147 Å². The molecule has 1 aliphatic rings. The SMILES string of the molecule is FC(F)(F)c1ccc(C2CN(c3ccc4nccnc4n3)CCO2)cc1. The van der Waals surface area contributed by atoms with Crippen molar-refractivity contribution in [3.05, 3.63) is 59.9 Å². The van der Waals surface area contributed by atoms with E-state index in [4.69, 9.17) is 4.74 Å². The average Bonchev–Trinajstić information content (AvgIpc) is 2.67. The van der Waals surface area contributed by atoms with E-state index in [-0.39, 0.29) is 6.10 Å². The van der Waals surface area contributed by atoms with Crippen LogP contribution >= 0.6 is 0 Å². The van der Waals surface area contributed by atoms with Gasteiger partial charge in [0.2, 0.25) is 0 Å². The van der Waals surface area contributed by atoms with Crippen LogP contribution in [0.5, 0.6) is 0 Å². The van der Waals surface area contributed by atoms with Gasteiger partial charge in [-0.3, -0.25) is 4.98 Å². The molecule has 0 saturated carbocycles. The number of ether oxygens (including phenoxy) is 1. The van der Waals surface area contributed by atoms with E-state index in [9.17, 15) is 13.2 Å². The van der Waals surface area contributed by atoms with Crippen LogP contribution in [-0.4, -0.2) is 34.6 Å². The number of rotatable bonds is 2. The van der Waals surface area contributed by atoms with Gasteiger partial charge in [0.05, 0.1) is 12.2 Å². The quantitative estimate of drug-likeness (QED) is 0.699. The molecule has 1 aliphatic heterocycles. The highest BCUT2D eigenvalue weighted by atomic mass is 19.4. The molecule has 26 heavy (non-hydrogen) atoms. The number of fused-ring (bicyclic) bond motifs is 1. The molecule has 0 amide bonds. The predicted octanol–water partition coefficient (Wildman–Crippen LogP) is 3.62. The lowest BCUT2D eigenvalue weighted by atomic mass is 10.1. The third-order valence-corrected chi connectivity index (χ3v) is 4.32. The molecule has 0 spiro atoms. The summed E-state index contributed by atoms with van der Waals surface area (Å²) in [6.07, 6.45) is -1.46. The van der Waals surface area contributed by atoms with E-state index >= 15 is 0 Å². The van der Waals surface area contributed by atoms with Crippen LogP contribution in [0, 0.1) is 0 Å². The molecule has 0 bridgehead atoms. The minimum atomic E-state index is -4.34.